The number of halogens is 1. The maximum atomic E-state index is 12.1. The molecule has 8 heteroatoms. The summed E-state index contributed by atoms with van der Waals surface area (Å²) in [4.78, 5) is 16.3. The smallest absolute Gasteiger partial charge is 0.276 e. The third kappa shape index (κ3) is 5.40. The second-order valence-electron chi connectivity index (χ2n) is 6.14. The molecule has 0 aliphatic rings. The predicted octanol–water partition coefficient (Wildman–Crippen LogP) is 2.63. The van der Waals surface area contributed by atoms with Crippen molar-refractivity contribution in [1.29, 1.82) is 0 Å². The minimum absolute atomic E-state index is 0. The zero-order chi connectivity index (χ0) is 15.5. The van der Waals surface area contributed by atoms with Crippen LogP contribution in [0, 0.1) is 5.41 Å². The van der Waals surface area contributed by atoms with Gasteiger partial charge in [-0.05, 0) is 18.4 Å². The average molecular weight is 344 g/mol. The van der Waals surface area contributed by atoms with Crippen LogP contribution < -0.4 is 11.1 Å². The van der Waals surface area contributed by atoms with E-state index >= 15 is 0 Å². The maximum Gasteiger partial charge on any atom is 0.276 e. The minimum atomic E-state index is -0.247. The number of carbonyl (C=O) groups excluding carboxylic acids is 1. The van der Waals surface area contributed by atoms with Crippen LogP contribution in [0.4, 0.5) is 5.82 Å². The Morgan fingerprint density at radius 2 is 2.18 bits per heavy atom. The van der Waals surface area contributed by atoms with Crippen molar-refractivity contribution >= 4 is 35.5 Å². The average Bonchev–Trinajstić information content (AvgIpc) is 2.97. The Hall–Kier alpha value is -1.44. The molecule has 0 atom stereocenters. The molecule has 0 bridgehead atoms. The van der Waals surface area contributed by atoms with E-state index in [0.717, 1.165) is 17.1 Å². The predicted molar refractivity (Wildman–Crippen MR) is 91.8 cm³/mol. The first-order chi connectivity index (χ1) is 9.87. The minimum Gasteiger partial charge on any atom is -0.330 e. The molecule has 0 unspecified atom stereocenters. The molecule has 2 rings (SSSR count). The molecule has 22 heavy (non-hydrogen) atoms. The fourth-order valence-corrected chi connectivity index (χ4v) is 2.72. The van der Waals surface area contributed by atoms with Crippen LogP contribution in [0.2, 0.25) is 0 Å². The topological polar surface area (TPSA) is 96.7 Å². The second-order valence-corrected chi connectivity index (χ2v) is 7.08. The van der Waals surface area contributed by atoms with Crippen molar-refractivity contribution in [2.24, 2.45) is 11.1 Å². The molecule has 2 heterocycles. The van der Waals surface area contributed by atoms with Gasteiger partial charge in [-0.25, -0.2) is 4.98 Å². The third-order valence-electron chi connectivity index (χ3n) is 2.74. The van der Waals surface area contributed by atoms with E-state index in [2.05, 4.69) is 41.3 Å². The SMILES string of the molecule is CC(C)(C)Cc1cc(NC(=O)c2csc(CCN)n2)n[nH]1.Cl. The van der Waals surface area contributed by atoms with E-state index in [1.165, 1.54) is 11.3 Å². The van der Waals surface area contributed by atoms with Crippen molar-refractivity contribution in [2.45, 2.75) is 33.6 Å². The van der Waals surface area contributed by atoms with E-state index in [1.54, 1.807) is 5.38 Å². The van der Waals surface area contributed by atoms with Gasteiger partial charge in [0.2, 0.25) is 0 Å². The summed E-state index contributed by atoms with van der Waals surface area (Å²) in [5, 5.41) is 12.4. The molecule has 122 valence electrons. The number of H-pyrrole nitrogens is 1. The van der Waals surface area contributed by atoms with Crippen LogP contribution in [0.25, 0.3) is 0 Å². The summed E-state index contributed by atoms with van der Waals surface area (Å²) in [6, 6.07) is 1.86. The molecule has 0 spiro atoms. The van der Waals surface area contributed by atoms with E-state index in [-0.39, 0.29) is 23.7 Å². The summed E-state index contributed by atoms with van der Waals surface area (Å²) in [6.45, 7) is 6.99. The van der Waals surface area contributed by atoms with E-state index in [1.807, 2.05) is 6.07 Å². The van der Waals surface area contributed by atoms with Gasteiger partial charge in [-0.3, -0.25) is 9.89 Å². The number of aromatic nitrogens is 3. The summed E-state index contributed by atoms with van der Waals surface area (Å²) in [5.74, 6) is 0.274. The first-order valence-electron chi connectivity index (χ1n) is 6.87. The Bertz CT molecular complexity index is 617. The summed E-state index contributed by atoms with van der Waals surface area (Å²) in [6.07, 6.45) is 1.56. The normalized spacial score (nSPS) is 11.1. The van der Waals surface area contributed by atoms with E-state index in [0.29, 0.717) is 24.5 Å². The van der Waals surface area contributed by atoms with E-state index in [4.69, 9.17) is 5.73 Å². The van der Waals surface area contributed by atoms with Gasteiger partial charge in [0, 0.05) is 23.6 Å². The quantitative estimate of drug-likeness (QED) is 0.777. The highest BCUT2D eigenvalue weighted by atomic mass is 35.5. The number of anilines is 1. The monoisotopic (exact) mass is 343 g/mol. The van der Waals surface area contributed by atoms with Crippen molar-refractivity contribution in [3.63, 3.8) is 0 Å². The first kappa shape index (κ1) is 18.6. The van der Waals surface area contributed by atoms with Crippen LogP contribution in [0.1, 0.15) is 42.0 Å². The fraction of sp³-hybridized carbons (Fsp3) is 0.500. The van der Waals surface area contributed by atoms with Gasteiger partial charge in [-0.1, -0.05) is 20.8 Å². The van der Waals surface area contributed by atoms with Crippen LogP contribution in [0.3, 0.4) is 0 Å². The number of nitrogens with two attached hydrogens (primary N) is 1. The molecule has 2 aromatic rings. The van der Waals surface area contributed by atoms with Crippen molar-refractivity contribution in [2.75, 3.05) is 11.9 Å². The van der Waals surface area contributed by atoms with Gasteiger partial charge in [-0.2, -0.15) is 5.10 Å². The van der Waals surface area contributed by atoms with E-state index < -0.39 is 0 Å². The van der Waals surface area contributed by atoms with Crippen molar-refractivity contribution in [3.05, 3.63) is 27.8 Å². The first-order valence-corrected chi connectivity index (χ1v) is 7.75. The molecule has 0 aromatic carbocycles. The number of hydrogen-bond acceptors (Lipinski definition) is 5. The highest BCUT2D eigenvalue weighted by Gasteiger charge is 2.15. The lowest BCUT2D eigenvalue weighted by Crippen LogP contribution is -2.13. The largest absolute Gasteiger partial charge is 0.330 e. The number of rotatable bonds is 5. The Labute approximate surface area is 140 Å². The Balaban J connectivity index is 0.00000242. The summed E-state index contributed by atoms with van der Waals surface area (Å²) >= 11 is 1.45. The fourth-order valence-electron chi connectivity index (χ4n) is 1.92. The van der Waals surface area contributed by atoms with Gasteiger partial charge in [0.05, 0.1) is 5.01 Å². The van der Waals surface area contributed by atoms with Gasteiger partial charge in [0.15, 0.2) is 5.82 Å². The highest BCUT2D eigenvalue weighted by Crippen LogP contribution is 2.21. The van der Waals surface area contributed by atoms with Crippen LogP contribution in [-0.4, -0.2) is 27.6 Å². The van der Waals surface area contributed by atoms with Crippen molar-refractivity contribution < 1.29 is 4.79 Å². The Morgan fingerprint density at radius 1 is 1.45 bits per heavy atom. The highest BCUT2D eigenvalue weighted by molar-refractivity contribution is 7.09. The number of hydrogen-bond donors (Lipinski definition) is 3. The zero-order valence-corrected chi connectivity index (χ0v) is 14.6. The Kier molecular flexibility index (Phi) is 6.52. The van der Waals surface area contributed by atoms with Gasteiger partial charge >= 0.3 is 0 Å². The molecule has 0 aliphatic heterocycles. The summed E-state index contributed by atoms with van der Waals surface area (Å²) < 4.78 is 0. The number of aromatic amines is 1. The molecule has 0 fully saturated rings. The van der Waals surface area contributed by atoms with Gasteiger partial charge in [0.25, 0.3) is 5.91 Å². The number of carbonyl (C=O) groups is 1. The maximum absolute atomic E-state index is 12.1. The molecule has 0 saturated carbocycles. The molecular weight excluding hydrogens is 322 g/mol. The lowest BCUT2D eigenvalue weighted by Gasteiger charge is -2.15. The summed E-state index contributed by atoms with van der Waals surface area (Å²) in [7, 11) is 0. The molecule has 0 radical (unpaired) electrons. The number of thiazole rings is 1. The molecule has 0 aliphatic carbocycles. The van der Waals surface area contributed by atoms with Crippen LogP contribution in [0.15, 0.2) is 11.4 Å². The number of nitrogens with zero attached hydrogens (tertiary/aromatic N) is 2. The lowest BCUT2D eigenvalue weighted by atomic mass is 9.91. The molecule has 2 aromatic heterocycles. The third-order valence-corrected chi connectivity index (χ3v) is 3.64. The lowest BCUT2D eigenvalue weighted by molar-refractivity contribution is 0.102. The van der Waals surface area contributed by atoms with Crippen molar-refractivity contribution in [3.8, 4) is 0 Å². The summed E-state index contributed by atoms with van der Waals surface area (Å²) in [5.41, 5.74) is 7.05. The van der Waals surface area contributed by atoms with Crippen LogP contribution >= 0.6 is 23.7 Å². The second kappa shape index (κ2) is 7.71. The number of amides is 1. The van der Waals surface area contributed by atoms with Gasteiger partial charge in [-0.15, -0.1) is 23.7 Å². The van der Waals surface area contributed by atoms with Gasteiger partial charge < -0.3 is 11.1 Å². The van der Waals surface area contributed by atoms with Crippen LogP contribution in [0.5, 0.6) is 0 Å². The molecule has 1 amide bonds. The molecular formula is C14H22ClN5OS. The standard InChI is InChI=1S/C14H21N5OS.ClH/c1-14(2,3)7-9-6-11(19-18-9)17-13(20)10-8-21-12(16-10)4-5-15;/h6,8H,4-5,7,15H2,1-3H3,(H2,17,18,19,20);1H. The number of nitrogens with one attached hydrogen (secondary N) is 2. The van der Waals surface area contributed by atoms with Gasteiger partial charge in [0.1, 0.15) is 5.69 Å². The van der Waals surface area contributed by atoms with Crippen molar-refractivity contribution in [1.82, 2.24) is 15.2 Å². The molecule has 4 N–H and O–H groups in total. The Morgan fingerprint density at radius 3 is 2.82 bits per heavy atom. The van der Waals surface area contributed by atoms with E-state index in [9.17, 15) is 4.79 Å². The molecule has 6 nitrogen and oxygen atoms in total. The zero-order valence-electron chi connectivity index (χ0n) is 13.0. The van der Waals surface area contributed by atoms with Crippen LogP contribution in [-0.2, 0) is 12.8 Å². The molecule has 0 saturated heterocycles.